The van der Waals surface area contributed by atoms with Crippen molar-refractivity contribution in [2.24, 2.45) is 10.9 Å². The fraction of sp³-hybridized carbons (Fsp3) is 0.667. The van der Waals surface area contributed by atoms with Gasteiger partial charge in [-0.05, 0) is 52.5 Å². The van der Waals surface area contributed by atoms with Gasteiger partial charge in [0, 0.05) is 25.2 Å². The van der Waals surface area contributed by atoms with Crippen molar-refractivity contribution in [3.05, 3.63) is 29.8 Å². The highest BCUT2D eigenvalue weighted by atomic mass is 32.2. The summed E-state index contributed by atoms with van der Waals surface area (Å²) < 4.78 is 33.0. The van der Waals surface area contributed by atoms with Gasteiger partial charge in [0.25, 0.3) is 0 Å². The molecule has 3 N–H and O–H groups in total. The van der Waals surface area contributed by atoms with E-state index in [4.69, 9.17) is 4.74 Å². The van der Waals surface area contributed by atoms with Crippen molar-refractivity contribution in [1.29, 1.82) is 0 Å². The number of hydrogen-bond donors (Lipinski definition) is 3. The summed E-state index contributed by atoms with van der Waals surface area (Å²) in [5.74, 6) is 1.93. The summed E-state index contributed by atoms with van der Waals surface area (Å²) in [5.41, 5.74) is 0.693. The molecule has 29 heavy (non-hydrogen) atoms. The molecule has 1 aliphatic rings. The van der Waals surface area contributed by atoms with Crippen LogP contribution in [-0.4, -0.2) is 45.4 Å². The van der Waals surface area contributed by atoms with Crippen LogP contribution in [0.4, 0.5) is 0 Å². The van der Waals surface area contributed by atoms with Gasteiger partial charge in [-0.15, -0.1) is 0 Å². The van der Waals surface area contributed by atoms with Crippen LogP contribution in [0.1, 0.15) is 52.5 Å². The number of sulfonamides is 1. The topological polar surface area (TPSA) is 91.8 Å². The first-order valence-electron chi connectivity index (χ1n) is 10.4. The average Bonchev–Trinajstić information content (AvgIpc) is 2.58. The zero-order chi connectivity index (χ0) is 21.3. The second kappa shape index (κ2) is 10.8. The second-order valence-electron chi connectivity index (χ2n) is 8.41. The Morgan fingerprint density at radius 2 is 1.93 bits per heavy atom. The first kappa shape index (κ1) is 23.5. The first-order valence-corrected chi connectivity index (χ1v) is 12.1. The highest BCUT2D eigenvalue weighted by Gasteiger charge is 2.20. The van der Waals surface area contributed by atoms with Gasteiger partial charge < -0.3 is 15.4 Å². The number of aliphatic imine (C=N–C) groups is 1. The van der Waals surface area contributed by atoms with Gasteiger partial charge in [-0.2, -0.15) is 0 Å². The molecule has 0 amide bonds. The van der Waals surface area contributed by atoms with E-state index in [1.54, 1.807) is 0 Å². The molecule has 1 aromatic rings. The highest BCUT2D eigenvalue weighted by molar-refractivity contribution is 7.89. The summed E-state index contributed by atoms with van der Waals surface area (Å²) in [7, 11) is -3.27. The summed E-state index contributed by atoms with van der Waals surface area (Å²) in [5, 5.41) is 6.27. The fourth-order valence-corrected chi connectivity index (χ4v) is 3.89. The minimum atomic E-state index is -3.27. The summed E-state index contributed by atoms with van der Waals surface area (Å²) in [4.78, 5) is 4.59. The highest BCUT2D eigenvalue weighted by Crippen LogP contribution is 2.25. The van der Waals surface area contributed by atoms with E-state index in [-0.39, 0.29) is 11.4 Å². The number of ether oxygens (including phenoxy) is 1. The van der Waals surface area contributed by atoms with Crippen molar-refractivity contribution >= 4 is 16.0 Å². The Morgan fingerprint density at radius 3 is 2.55 bits per heavy atom. The van der Waals surface area contributed by atoms with Gasteiger partial charge in [-0.25, -0.2) is 18.1 Å². The zero-order valence-electron chi connectivity index (χ0n) is 18.1. The molecule has 1 aliphatic carbocycles. The third-order valence-electron chi connectivity index (χ3n) is 4.62. The number of rotatable bonds is 10. The lowest BCUT2D eigenvalue weighted by Gasteiger charge is -2.25. The molecule has 0 saturated heterocycles. The molecular weight excluding hydrogens is 388 g/mol. The Morgan fingerprint density at radius 1 is 1.21 bits per heavy atom. The SMILES string of the molecule is CCNC(=NCc1ccccc1OC(C)(C)C)NCCS(=O)(=O)NCC1CCC1. The van der Waals surface area contributed by atoms with Crippen LogP contribution in [0.5, 0.6) is 5.75 Å². The molecule has 0 heterocycles. The molecule has 1 aromatic carbocycles. The van der Waals surface area contributed by atoms with E-state index >= 15 is 0 Å². The maximum absolute atomic E-state index is 12.1. The molecule has 0 spiro atoms. The molecule has 1 saturated carbocycles. The largest absolute Gasteiger partial charge is 0.488 e. The monoisotopic (exact) mass is 424 g/mol. The van der Waals surface area contributed by atoms with E-state index in [2.05, 4.69) is 20.3 Å². The molecule has 7 nitrogen and oxygen atoms in total. The van der Waals surface area contributed by atoms with Gasteiger partial charge >= 0.3 is 0 Å². The quantitative estimate of drug-likeness (QED) is 0.397. The number of hydrogen-bond acceptors (Lipinski definition) is 4. The molecule has 2 rings (SSSR count). The lowest BCUT2D eigenvalue weighted by Crippen LogP contribution is -2.42. The minimum absolute atomic E-state index is 0.0217. The maximum atomic E-state index is 12.1. The van der Waals surface area contributed by atoms with Gasteiger partial charge in [0.1, 0.15) is 11.4 Å². The van der Waals surface area contributed by atoms with Crippen LogP contribution >= 0.6 is 0 Å². The van der Waals surface area contributed by atoms with Crippen molar-refractivity contribution in [3.8, 4) is 5.75 Å². The number of guanidine groups is 1. The second-order valence-corrected chi connectivity index (χ2v) is 10.3. The van der Waals surface area contributed by atoms with Crippen LogP contribution in [0.2, 0.25) is 0 Å². The first-order chi connectivity index (χ1) is 13.7. The van der Waals surface area contributed by atoms with E-state index in [0.717, 1.165) is 24.2 Å². The summed E-state index contributed by atoms with van der Waals surface area (Å²) in [6, 6.07) is 7.83. The number of nitrogens with one attached hydrogen (secondary N) is 3. The van der Waals surface area contributed by atoms with Gasteiger partial charge in [0.05, 0.1) is 12.3 Å². The molecule has 0 aliphatic heterocycles. The molecule has 164 valence electrons. The Bertz CT molecular complexity index is 768. The lowest BCUT2D eigenvalue weighted by molar-refractivity contribution is 0.129. The van der Waals surface area contributed by atoms with E-state index in [9.17, 15) is 8.42 Å². The van der Waals surface area contributed by atoms with Gasteiger partial charge in [0.15, 0.2) is 5.96 Å². The molecular formula is C21H36N4O3S. The Balaban J connectivity index is 1.89. The predicted octanol–water partition coefficient (Wildman–Crippen LogP) is 2.64. The predicted molar refractivity (Wildman–Crippen MR) is 119 cm³/mol. The lowest BCUT2D eigenvalue weighted by atomic mass is 9.86. The molecule has 0 bridgehead atoms. The number of nitrogens with zero attached hydrogens (tertiary/aromatic N) is 1. The van der Waals surface area contributed by atoms with Crippen molar-refractivity contribution in [1.82, 2.24) is 15.4 Å². The van der Waals surface area contributed by atoms with E-state index < -0.39 is 10.0 Å². The minimum Gasteiger partial charge on any atom is -0.488 e. The van der Waals surface area contributed by atoms with Crippen LogP contribution in [0, 0.1) is 5.92 Å². The zero-order valence-corrected chi connectivity index (χ0v) is 18.9. The molecule has 8 heteroatoms. The Kier molecular flexibility index (Phi) is 8.77. The van der Waals surface area contributed by atoms with Crippen molar-refractivity contribution in [2.75, 3.05) is 25.4 Å². The molecule has 0 aromatic heterocycles. The Labute approximate surface area is 175 Å². The third kappa shape index (κ3) is 9.04. The smallest absolute Gasteiger partial charge is 0.213 e. The van der Waals surface area contributed by atoms with Gasteiger partial charge in [-0.1, -0.05) is 24.6 Å². The van der Waals surface area contributed by atoms with Crippen LogP contribution in [0.3, 0.4) is 0 Å². The van der Waals surface area contributed by atoms with Gasteiger partial charge in [-0.3, -0.25) is 0 Å². The number of benzene rings is 1. The normalized spacial score (nSPS) is 15.7. The maximum Gasteiger partial charge on any atom is 0.213 e. The van der Waals surface area contributed by atoms with E-state index in [0.29, 0.717) is 38.1 Å². The molecule has 0 atom stereocenters. The standard InChI is InChI=1S/C21H36N4O3S/c1-5-22-20(23-13-14-29(26,27)25-15-17-9-8-10-17)24-16-18-11-6-7-12-19(18)28-21(2,3)4/h6-7,11-12,17,25H,5,8-10,13-16H2,1-4H3,(H2,22,23,24). The molecule has 1 fully saturated rings. The Hall–Kier alpha value is -1.80. The van der Waals surface area contributed by atoms with Crippen molar-refractivity contribution in [2.45, 2.75) is 59.1 Å². The molecule has 0 radical (unpaired) electrons. The summed E-state index contributed by atoms with van der Waals surface area (Å²) >= 11 is 0. The van der Waals surface area contributed by atoms with Crippen molar-refractivity contribution < 1.29 is 13.2 Å². The summed E-state index contributed by atoms with van der Waals surface area (Å²) in [6.07, 6.45) is 3.46. The van der Waals surface area contributed by atoms with E-state index in [1.165, 1.54) is 6.42 Å². The number of para-hydroxylation sites is 1. The fourth-order valence-electron chi connectivity index (χ4n) is 2.89. The van der Waals surface area contributed by atoms with Crippen LogP contribution in [-0.2, 0) is 16.6 Å². The van der Waals surface area contributed by atoms with Crippen LogP contribution < -0.4 is 20.1 Å². The van der Waals surface area contributed by atoms with E-state index in [1.807, 2.05) is 52.0 Å². The third-order valence-corrected chi connectivity index (χ3v) is 5.97. The van der Waals surface area contributed by atoms with Crippen LogP contribution in [0.15, 0.2) is 29.3 Å². The summed E-state index contributed by atoms with van der Waals surface area (Å²) in [6.45, 7) is 10.00. The van der Waals surface area contributed by atoms with Crippen LogP contribution in [0.25, 0.3) is 0 Å². The molecule has 0 unspecified atom stereocenters. The van der Waals surface area contributed by atoms with Crippen molar-refractivity contribution in [3.63, 3.8) is 0 Å². The average molecular weight is 425 g/mol. The van der Waals surface area contributed by atoms with Gasteiger partial charge in [0.2, 0.25) is 10.0 Å².